The number of amides is 1. The van der Waals surface area contributed by atoms with Crippen LogP contribution in [0.15, 0.2) is 16.8 Å². The van der Waals surface area contributed by atoms with Crippen molar-refractivity contribution in [1.29, 1.82) is 0 Å². The van der Waals surface area contributed by atoms with E-state index in [-0.39, 0.29) is 18.3 Å². The van der Waals surface area contributed by atoms with Crippen molar-refractivity contribution in [3.05, 3.63) is 22.4 Å². The third kappa shape index (κ3) is 2.93. The van der Waals surface area contributed by atoms with Crippen molar-refractivity contribution in [2.24, 2.45) is 0 Å². The first-order chi connectivity index (χ1) is 6.77. The van der Waals surface area contributed by atoms with Gasteiger partial charge in [0.1, 0.15) is 0 Å². The lowest BCUT2D eigenvalue weighted by Gasteiger charge is -2.35. The van der Waals surface area contributed by atoms with Crippen molar-refractivity contribution in [1.82, 2.24) is 10.2 Å². The summed E-state index contributed by atoms with van der Waals surface area (Å²) in [4.78, 5) is 13.6. The number of likely N-dealkylation sites (N-methyl/N-ethyl adjacent to an activating group) is 1. The lowest BCUT2D eigenvalue weighted by molar-refractivity contribution is -0.132. The van der Waals surface area contributed by atoms with Crippen molar-refractivity contribution in [2.45, 2.75) is 12.5 Å². The van der Waals surface area contributed by atoms with E-state index >= 15 is 0 Å². The number of carbonyl (C=O) groups excluding carboxylic acids is 1. The van der Waals surface area contributed by atoms with Crippen LogP contribution in [0.3, 0.4) is 0 Å². The third-order valence-corrected chi connectivity index (χ3v) is 3.37. The van der Waals surface area contributed by atoms with Crippen LogP contribution in [-0.2, 0) is 11.2 Å². The molecule has 2 rings (SSSR count). The Labute approximate surface area is 99.9 Å². The number of halogens is 1. The van der Waals surface area contributed by atoms with Gasteiger partial charge in [-0.25, -0.2) is 0 Å². The Balaban J connectivity index is 0.00000112. The molecule has 1 aromatic heterocycles. The first-order valence-electron chi connectivity index (χ1n) is 4.75. The fourth-order valence-electron chi connectivity index (χ4n) is 1.44. The van der Waals surface area contributed by atoms with Gasteiger partial charge in [0, 0.05) is 20.1 Å². The summed E-state index contributed by atoms with van der Waals surface area (Å²) in [6.07, 6.45) is 0.538. The highest BCUT2D eigenvalue weighted by Gasteiger charge is 2.24. The van der Waals surface area contributed by atoms with Gasteiger partial charge in [-0.2, -0.15) is 11.3 Å². The quantitative estimate of drug-likeness (QED) is 0.868. The predicted octanol–water partition coefficient (Wildman–Crippen LogP) is 1.14. The fraction of sp³-hybridized carbons (Fsp3) is 0.500. The van der Waals surface area contributed by atoms with E-state index in [2.05, 4.69) is 5.32 Å². The molecule has 1 N–H and O–H groups in total. The Hall–Kier alpha value is -0.580. The Morgan fingerprint density at radius 3 is 2.87 bits per heavy atom. The van der Waals surface area contributed by atoms with Crippen LogP contribution in [0, 0.1) is 0 Å². The normalized spacial score (nSPS) is 15.3. The minimum Gasteiger partial charge on any atom is -0.340 e. The van der Waals surface area contributed by atoms with Gasteiger partial charge in [-0.1, -0.05) is 0 Å². The first kappa shape index (κ1) is 12.5. The largest absolute Gasteiger partial charge is 0.340 e. The molecule has 1 aliphatic heterocycles. The van der Waals surface area contributed by atoms with Gasteiger partial charge in [0.05, 0.1) is 12.5 Å². The molecule has 0 bridgehead atoms. The van der Waals surface area contributed by atoms with E-state index in [1.165, 1.54) is 0 Å². The molecule has 84 valence electrons. The molecule has 0 atom stereocenters. The van der Waals surface area contributed by atoms with Gasteiger partial charge in [-0.05, 0) is 22.4 Å². The molecule has 15 heavy (non-hydrogen) atoms. The summed E-state index contributed by atoms with van der Waals surface area (Å²) in [5.41, 5.74) is 1.12. The van der Waals surface area contributed by atoms with Gasteiger partial charge < -0.3 is 10.2 Å². The molecule has 5 heteroatoms. The monoisotopic (exact) mass is 246 g/mol. The smallest absolute Gasteiger partial charge is 0.227 e. The molecule has 1 amide bonds. The summed E-state index contributed by atoms with van der Waals surface area (Å²) >= 11 is 1.64. The van der Waals surface area contributed by atoms with Crippen molar-refractivity contribution < 1.29 is 4.79 Å². The van der Waals surface area contributed by atoms with E-state index in [0.29, 0.717) is 12.5 Å². The summed E-state index contributed by atoms with van der Waals surface area (Å²) in [5, 5.41) is 7.20. The summed E-state index contributed by atoms with van der Waals surface area (Å²) in [6.45, 7) is 1.87. The van der Waals surface area contributed by atoms with Gasteiger partial charge >= 0.3 is 0 Å². The third-order valence-electron chi connectivity index (χ3n) is 2.64. The average molecular weight is 247 g/mol. The van der Waals surface area contributed by atoms with Crippen LogP contribution < -0.4 is 5.32 Å². The number of nitrogens with one attached hydrogen (secondary N) is 1. The van der Waals surface area contributed by atoms with Crippen molar-refractivity contribution in [3.63, 3.8) is 0 Å². The molecule has 3 nitrogen and oxygen atoms in total. The van der Waals surface area contributed by atoms with Crippen LogP contribution in [0.5, 0.6) is 0 Å². The number of hydrogen-bond donors (Lipinski definition) is 1. The van der Waals surface area contributed by atoms with Crippen molar-refractivity contribution >= 4 is 29.7 Å². The second kappa shape index (κ2) is 5.49. The lowest BCUT2D eigenvalue weighted by atomic mass is 10.1. The van der Waals surface area contributed by atoms with E-state index in [9.17, 15) is 4.79 Å². The van der Waals surface area contributed by atoms with E-state index < -0.39 is 0 Å². The number of hydrogen-bond acceptors (Lipinski definition) is 3. The Morgan fingerprint density at radius 1 is 1.67 bits per heavy atom. The van der Waals surface area contributed by atoms with Crippen LogP contribution in [0.2, 0.25) is 0 Å². The molecule has 1 fully saturated rings. The first-order valence-corrected chi connectivity index (χ1v) is 5.69. The van der Waals surface area contributed by atoms with Gasteiger partial charge in [-0.3, -0.25) is 4.79 Å². The summed E-state index contributed by atoms with van der Waals surface area (Å²) in [5.74, 6) is 0.218. The van der Waals surface area contributed by atoms with Crippen molar-refractivity contribution in [2.75, 3.05) is 20.1 Å². The standard InChI is InChI=1S/C10H14N2OS.ClH/c1-12(9-5-11-6-9)10(13)4-8-2-3-14-7-8;/h2-3,7,9,11H,4-6H2,1H3;1H. The zero-order chi connectivity index (χ0) is 9.97. The predicted molar refractivity (Wildman–Crippen MR) is 64.7 cm³/mol. The Bertz CT molecular complexity index is 311. The minimum absolute atomic E-state index is 0. The zero-order valence-corrected chi connectivity index (χ0v) is 10.2. The number of carbonyl (C=O) groups is 1. The number of rotatable bonds is 3. The van der Waals surface area contributed by atoms with Crippen LogP contribution in [0.25, 0.3) is 0 Å². The zero-order valence-electron chi connectivity index (χ0n) is 8.60. The van der Waals surface area contributed by atoms with Crippen LogP contribution >= 0.6 is 23.7 Å². The molecule has 1 aromatic rings. The maximum absolute atomic E-state index is 11.7. The van der Waals surface area contributed by atoms with Crippen molar-refractivity contribution in [3.8, 4) is 0 Å². The van der Waals surface area contributed by atoms with Gasteiger partial charge in [0.25, 0.3) is 0 Å². The molecule has 0 aliphatic carbocycles. The number of thiophene rings is 1. The van der Waals surface area contributed by atoms with Crippen LogP contribution in [0.1, 0.15) is 5.56 Å². The molecule has 2 heterocycles. The molecular weight excluding hydrogens is 232 g/mol. The number of nitrogens with zero attached hydrogens (tertiary/aromatic N) is 1. The van der Waals surface area contributed by atoms with E-state index in [1.54, 1.807) is 11.3 Å². The molecule has 0 spiro atoms. The summed E-state index contributed by atoms with van der Waals surface area (Å²) in [6, 6.07) is 2.41. The fourth-order valence-corrected chi connectivity index (χ4v) is 2.11. The molecule has 1 saturated heterocycles. The van der Waals surface area contributed by atoms with E-state index in [1.807, 2.05) is 28.8 Å². The van der Waals surface area contributed by atoms with E-state index in [0.717, 1.165) is 18.7 Å². The minimum atomic E-state index is 0. The molecular formula is C10H15ClN2OS. The highest BCUT2D eigenvalue weighted by Crippen LogP contribution is 2.10. The molecule has 1 aliphatic rings. The van der Waals surface area contributed by atoms with E-state index in [4.69, 9.17) is 0 Å². The summed E-state index contributed by atoms with van der Waals surface area (Å²) in [7, 11) is 1.89. The molecule has 0 saturated carbocycles. The molecule has 0 radical (unpaired) electrons. The van der Waals surface area contributed by atoms with Crippen LogP contribution in [0.4, 0.5) is 0 Å². The van der Waals surface area contributed by atoms with Gasteiger partial charge in [-0.15, -0.1) is 12.4 Å². The second-order valence-electron chi connectivity index (χ2n) is 3.63. The second-order valence-corrected chi connectivity index (χ2v) is 4.41. The summed E-state index contributed by atoms with van der Waals surface area (Å²) < 4.78 is 0. The highest BCUT2D eigenvalue weighted by atomic mass is 35.5. The maximum atomic E-state index is 11.7. The highest BCUT2D eigenvalue weighted by molar-refractivity contribution is 7.07. The van der Waals surface area contributed by atoms with Crippen LogP contribution in [-0.4, -0.2) is 37.0 Å². The topological polar surface area (TPSA) is 32.3 Å². The Kier molecular flexibility index (Phi) is 4.57. The molecule has 0 unspecified atom stereocenters. The Morgan fingerprint density at radius 2 is 2.40 bits per heavy atom. The molecule has 0 aromatic carbocycles. The maximum Gasteiger partial charge on any atom is 0.227 e. The average Bonchev–Trinajstić information content (AvgIpc) is 2.53. The SMILES string of the molecule is CN(C(=O)Cc1ccsc1)C1CNC1.Cl. The van der Waals surface area contributed by atoms with Gasteiger partial charge in [0.15, 0.2) is 0 Å². The lowest BCUT2D eigenvalue weighted by Crippen LogP contribution is -2.57. The van der Waals surface area contributed by atoms with Gasteiger partial charge in [0.2, 0.25) is 5.91 Å².